The standard InChI is InChI=1S/C25H23NO3S.C19H21NOS.C18H19NOS.C10H7F.C9H15NOS.C9H13NOS.C7H5ClO2.C6H6OS.C2H7N.B.3ClH.2Na.H2O.H/c1-26(25(27)28-20-11-3-2-4-12-20)17-16-23(24-15-8-18-30-24)29-22-14-7-10-19-9-5-6-13-21(19)22;1-20(2)13-12-18(19-11-6-14-22-19)21-17-10-5-8-15-7-3-4-9-16(15)17;1-19-12-11-17(18-10-5-13-21-18)20-16-9-4-7-14-6-2-3-8-15(14)16;11-10-7-3-5-8-4-1-2-6-9(8)10;2*1-10(2)6-5-8(11)9-4-3-7-12-9;8-7(9)10-6-4-2-1-3-5-6;1-5(7)6-3-2-4-8-6;1-3-2;;;;;;;;/h2-15,18,23H,16-17H2,1H3;3-11,14,18H,12-13H2,1-2H3;2-10,13,17,19H,11-12H2,1H3;1-7H;3-4,7-8,11H,5-6H2,1-2H3;3-4,7H,5-6H2,1-2H3;1-5H;2-4H,1H3;3H,1-2H3;;3*1H;;;1H2;/q;;;;;;;;;;;;;2*+1;;-1/p-1. The molecule has 0 aliphatic rings. The molecule has 10 aromatic carbocycles. The fraction of sp³-hybridized carbons (Fsp3) is 0.238. The molecule has 0 aliphatic heterocycles. The number of thiophene rings is 6. The minimum atomic E-state index is -0.814. The van der Waals surface area contributed by atoms with Crippen LogP contribution in [0.4, 0.5) is 14.0 Å². The Labute approximate surface area is 896 Å². The van der Waals surface area contributed by atoms with E-state index in [9.17, 15) is 28.7 Å². The van der Waals surface area contributed by atoms with E-state index < -0.39 is 5.43 Å². The molecule has 0 spiro atoms. The summed E-state index contributed by atoms with van der Waals surface area (Å²) < 4.78 is 42.2. The molecule has 3 radical (unpaired) electrons. The second-order valence-electron chi connectivity index (χ2n) is 29.9. The maximum atomic E-state index is 13.0. The molecule has 6 aromatic heterocycles. The van der Waals surface area contributed by atoms with Crippen LogP contribution in [0.25, 0.3) is 43.1 Å². The van der Waals surface area contributed by atoms with Gasteiger partial charge in [0.25, 0.3) is 0 Å². The second kappa shape index (κ2) is 72.1. The molecule has 17 nitrogen and oxygen atoms in total. The molecule has 4 N–H and O–H groups in total. The number of carbonyl (C=O) groups is 4. The summed E-state index contributed by atoms with van der Waals surface area (Å²) in [5.74, 6) is 4.03. The number of fused-ring (bicyclic) bond motifs is 4. The Morgan fingerprint density at radius 3 is 1.07 bits per heavy atom. The number of ether oxygens (including phenoxy) is 5. The summed E-state index contributed by atoms with van der Waals surface area (Å²) in [5, 5.41) is 36.3. The molecule has 713 valence electrons. The third-order valence-electron chi connectivity index (χ3n) is 19.0. The number of aliphatic hydroxyl groups excluding tert-OH is 1. The second-order valence-corrected chi connectivity index (χ2v) is 36.0. The minimum Gasteiger partial charge on any atom is -1.00 e. The van der Waals surface area contributed by atoms with Crippen molar-refractivity contribution in [2.24, 2.45) is 0 Å². The molecule has 0 saturated heterocycles. The van der Waals surface area contributed by atoms with Crippen molar-refractivity contribution in [1.82, 2.24) is 30.2 Å². The van der Waals surface area contributed by atoms with Crippen molar-refractivity contribution in [2.75, 3.05) is 103 Å². The molecule has 4 atom stereocenters. The van der Waals surface area contributed by atoms with Gasteiger partial charge in [-0.2, -0.15) is 0 Å². The number of nitrogens with one attached hydrogen (secondary N) is 2. The monoisotopic (exact) mass is 2050 g/mol. The number of carbonyl (C=O) groups excluding carboxylic acids is 4. The Morgan fingerprint density at radius 2 is 0.713 bits per heavy atom. The molecule has 0 aliphatic carbocycles. The quantitative estimate of drug-likeness (QED) is 0.0227. The van der Waals surface area contributed by atoms with Crippen LogP contribution in [-0.2, 0) is 0 Å². The van der Waals surface area contributed by atoms with Gasteiger partial charge in [0.05, 0.1) is 15.9 Å². The first-order valence-corrected chi connectivity index (χ1v) is 47.8. The van der Waals surface area contributed by atoms with Crippen molar-refractivity contribution in [3.05, 3.63) is 371 Å². The zero-order valence-electron chi connectivity index (χ0n) is 80.1. The summed E-state index contributed by atoms with van der Waals surface area (Å²) in [7, 11) is 19.6. The van der Waals surface area contributed by atoms with Crippen molar-refractivity contribution in [1.29, 1.82) is 0 Å². The van der Waals surface area contributed by atoms with Crippen LogP contribution < -0.4 is 93.4 Å². The van der Waals surface area contributed by atoms with Gasteiger partial charge >= 0.3 is 70.6 Å². The van der Waals surface area contributed by atoms with Crippen LogP contribution in [-0.4, -0.2) is 165 Å². The van der Waals surface area contributed by atoms with Gasteiger partial charge in [-0.1, -0.05) is 218 Å². The Morgan fingerprint density at radius 1 is 0.390 bits per heavy atom. The van der Waals surface area contributed by atoms with Gasteiger partial charge in [0.15, 0.2) is 11.6 Å². The van der Waals surface area contributed by atoms with Crippen LogP contribution in [0.15, 0.2) is 336 Å². The maximum absolute atomic E-state index is 13.0. The topological polar surface area (TPSA) is 202 Å². The molecular weight excluding hydrogens is 1930 g/mol. The van der Waals surface area contributed by atoms with E-state index in [0.29, 0.717) is 36.3 Å². The number of ketones is 2. The summed E-state index contributed by atoms with van der Waals surface area (Å²) in [6, 6.07) is 97.8. The molecule has 1 amide bonds. The smallest absolute Gasteiger partial charge is 1.00 e. The number of hydrogen-bond donors (Lipinski definition) is 3. The summed E-state index contributed by atoms with van der Waals surface area (Å²) >= 11 is 14.7. The van der Waals surface area contributed by atoms with Gasteiger partial charge in [-0.15, -0.1) is 105 Å². The number of halogens is 5. The first-order valence-electron chi connectivity index (χ1n) is 42.2. The fourth-order valence-electron chi connectivity index (χ4n) is 12.4. The SMILES string of the molecule is CC(=O)c1cccs1.CN(C)CCC(=O)c1cccs1.CN(C)CCC(O)c1cccs1.CN(C)CCC(Oc1cccc2ccccc12)c1cccs1.CN(CCC(Oc1cccc2ccccc12)c1cccs1)C(=O)Oc1ccccc1.CNC.CNCCC(Oc1cccc2ccccc12)c1cccs1.Cl.Cl.Cl.Fc1cccc2ccccc12.O=C(Cl)Oc1ccccc1.[B].[H-].[Na+].[Na+].[OH-]. The van der Waals surface area contributed by atoms with Crippen molar-refractivity contribution in [2.45, 2.75) is 63.4 Å². The number of rotatable bonds is 29. The fourth-order valence-corrected chi connectivity index (χ4v) is 16.9. The Balaban J connectivity index is 0.00000158. The third-order valence-corrected chi connectivity index (χ3v) is 24.8. The molecule has 6 heterocycles. The number of nitrogens with zero attached hydrogens (tertiary/aromatic N) is 4. The van der Waals surface area contributed by atoms with Crippen LogP contribution >= 0.6 is 117 Å². The summed E-state index contributed by atoms with van der Waals surface area (Å²) in [6.07, 6.45) is 3.42. The summed E-state index contributed by atoms with van der Waals surface area (Å²) in [5.41, 5.74) is -0.814. The number of aliphatic hydroxyl groups is 1. The molecule has 16 aromatic rings. The number of hydrogen-bond acceptors (Lipinski definition) is 22. The van der Waals surface area contributed by atoms with Crippen LogP contribution in [0.1, 0.15) is 104 Å². The zero-order valence-corrected chi connectivity index (χ0v) is 91.2. The maximum Gasteiger partial charge on any atom is 1.00 e. The van der Waals surface area contributed by atoms with Gasteiger partial charge in [-0.3, -0.25) is 9.59 Å². The Hall–Kier alpha value is -8.21. The van der Waals surface area contributed by atoms with Crippen molar-refractivity contribution < 1.29 is 118 Å². The molecule has 0 fully saturated rings. The van der Waals surface area contributed by atoms with E-state index in [1.807, 2.05) is 191 Å². The van der Waals surface area contributed by atoms with E-state index in [-0.39, 0.29) is 160 Å². The van der Waals surface area contributed by atoms with Gasteiger partial charge in [0.1, 0.15) is 52.9 Å². The van der Waals surface area contributed by atoms with Crippen molar-refractivity contribution in [3.8, 4) is 28.7 Å². The molecule has 16 rings (SSSR count). The zero-order chi connectivity index (χ0) is 92.3. The molecule has 136 heavy (non-hydrogen) atoms. The largest absolute Gasteiger partial charge is 1.00 e. The third kappa shape index (κ3) is 46.3. The van der Waals surface area contributed by atoms with E-state index in [1.165, 1.54) is 60.0 Å². The number of para-hydroxylation sites is 2. The average Bonchev–Trinajstić information content (AvgIpc) is 1.84. The van der Waals surface area contributed by atoms with Gasteiger partial charge in [-0.05, 0) is 222 Å². The molecule has 31 heteroatoms. The van der Waals surface area contributed by atoms with Gasteiger partial charge in [-0.25, -0.2) is 14.0 Å². The predicted molar refractivity (Wildman–Crippen MR) is 573 cm³/mol. The van der Waals surface area contributed by atoms with Gasteiger partial charge in [0, 0.05) is 120 Å². The molecule has 0 bridgehead atoms. The predicted octanol–water partition coefficient (Wildman–Crippen LogP) is 21.8. The van der Waals surface area contributed by atoms with E-state index in [1.54, 1.807) is 113 Å². The number of amides is 1. The number of Topliss-reactive ketones (excluding diaryl/α,β-unsaturated/α-hetero) is 2. The van der Waals surface area contributed by atoms with E-state index in [4.69, 9.17) is 30.5 Å². The minimum absolute atomic E-state index is 0. The molecule has 0 saturated carbocycles. The van der Waals surface area contributed by atoms with E-state index in [0.717, 1.165) is 98.4 Å². The van der Waals surface area contributed by atoms with E-state index in [2.05, 4.69) is 183 Å². The summed E-state index contributed by atoms with van der Waals surface area (Å²) in [6.45, 7) is 5.79. The first-order chi connectivity index (χ1) is 62.6. The van der Waals surface area contributed by atoms with Crippen LogP contribution in [0.3, 0.4) is 0 Å². The van der Waals surface area contributed by atoms with Crippen molar-refractivity contribution in [3.63, 3.8) is 0 Å². The van der Waals surface area contributed by atoms with Crippen LogP contribution in [0.2, 0.25) is 0 Å². The summed E-state index contributed by atoms with van der Waals surface area (Å²) in [4.78, 5) is 58.8. The molecule has 4 unspecified atom stereocenters. The molecular formula is C105H121BCl4FN6Na2O11S6. The Kier molecular flexibility index (Phi) is 66.7. The van der Waals surface area contributed by atoms with Crippen LogP contribution in [0, 0.1) is 5.82 Å². The van der Waals surface area contributed by atoms with E-state index >= 15 is 0 Å². The first kappa shape index (κ1) is 126. The Bertz CT molecular complexity index is 5790. The van der Waals surface area contributed by atoms with Crippen LogP contribution in [0.5, 0.6) is 28.7 Å². The van der Waals surface area contributed by atoms with Gasteiger partial charge in [0.2, 0.25) is 0 Å². The van der Waals surface area contributed by atoms with Crippen molar-refractivity contribution >= 4 is 191 Å². The average molecular weight is 2050 g/mol. The van der Waals surface area contributed by atoms with Gasteiger partial charge < -0.3 is 65.9 Å². The normalized spacial score (nSPS) is 10.9. The number of benzene rings is 10.